The largest absolute Gasteiger partial charge is 0.366 e. The molecule has 7 heteroatoms. The highest BCUT2D eigenvalue weighted by molar-refractivity contribution is 7.89. The van der Waals surface area contributed by atoms with Gasteiger partial charge in [-0.15, -0.1) is 0 Å². The van der Waals surface area contributed by atoms with Crippen molar-refractivity contribution in [1.29, 1.82) is 0 Å². The van der Waals surface area contributed by atoms with E-state index in [-0.39, 0.29) is 0 Å². The first-order valence-corrected chi connectivity index (χ1v) is 6.98. The third kappa shape index (κ3) is 2.31. The molecule has 1 aromatic heterocycles. The van der Waals surface area contributed by atoms with E-state index in [4.69, 9.17) is 9.88 Å². The molecular formula is C10H15N3O3S. The van der Waals surface area contributed by atoms with Crippen molar-refractivity contribution < 1.29 is 13.2 Å². The molecular weight excluding hydrogens is 242 g/mol. The monoisotopic (exact) mass is 257 g/mol. The number of sulfonamides is 1. The number of nitrogens with zero attached hydrogens (tertiary/aromatic N) is 2. The highest BCUT2D eigenvalue weighted by Gasteiger charge is 2.47. The highest BCUT2D eigenvalue weighted by Crippen LogP contribution is 2.36. The van der Waals surface area contributed by atoms with Crippen LogP contribution in [0.15, 0.2) is 18.5 Å². The van der Waals surface area contributed by atoms with E-state index in [1.54, 1.807) is 25.4 Å². The molecule has 0 aromatic carbocycles. The Bertz CT molecular complexity index is 491. The number of ether oxygens (including phenoxy) is 1. The van der Waals surface area contributed by atoms with Crippen LogP contribution in [0.2, 0.25) is 0 Å². The summed E-state index contributed by atoms with van der Waals surface area (Å²) < 4.78 is 28.8. The molecule has 6 nitrogen and oxygen atoms in total. The molecule has 2 N–H and O–H groups in total. The topological polar surface area (TPSA) is 95.2 Å². The number of rotatable bonds is 2. The van der Waals surface area contributed by atoms with Crippen molar-refractivity contribution in [1.82, 2.24) is 9.97 Å². The van der Waals surface area contributed by atoms with Crippen molar-refractivity contribution >= 4 is 10.0 Å². The smallest absolute Gasteiger partial charge is 0.215 e. The van der Waals surface area contributed by atoms with Crippen molar-refractivity contribution in [3.8, 4) is 0 Å². The van der Waals surface area contributed by atoms with Crippen LogP contribution < -0.4 is 5.14 Å². The average Bonchev–Trinajstić information content (AvgIpc) is 2.29. The fraction of sp³-hybridized carbons (Fsp3) is 0.600. The second-order valence-corrected chi connectivity index (χ2v) is 5.99. The Balaban J connectivity index is 2.46. The molecule has 2 atom stereocenters. The molecule has 1 aromatic rings. The molecule has 2 unspecified atom stereocenters. The first kappa shape index (κ1) is 12.4. The zero-order chi connectivity index (χ0) is 12.5. The van der Waals surface area contributed by atoms with Gasteiger partial charge < -0.3 is 4.74 Å². The van der Waals surface area contributed by atoms with E-state index in [2.05, 4.69) is 9.97 Å². The van der Waals surface area contributed by atoms with Gasteiger partial charge in [0, 0.05) is 19.0 Å². The van der Waals surface area contributed by atoms with E-state index < -0.39 is 20.9 Å². The van der Waals surface area contributed by atoms with Crippen LogP contribution in [0.5, 0.6) is 0 Å². The lowest BCUT2D eigenvalue weighted by atomic mass is 9.94. The van der Waals surface area contributed by atoms with Crippen molar-refractivity contribution in [2.75, 3.05) is 6.61 Å². The lowest BCUT2D eigenvalue weighted by Gasteiger charge is -2.38. The van der Waals surface area contributed by atoms with Gasteiger partial charge in [-0.1, -0.05) is 0 Å². The van der Waals surface area contributed by atoms with Gasteiger partial charge in [-0.05, 0) is 25.8 Å². The lowest BCUT2D eigenvalue weighted by Crippen LogP contribution is -2.50. The van der Waals surface area contributed by atoms with E-state index in [1.165, 1.54) is 0 Å². The molecule has 1 aliphatic rings. The first-order chi connectivity index (χ1) is 7.94. The summed E-state index contributed by atoms with van der Waals surface area (Å²) in [6.07, 6.45) is 4.26. The molecule has 1 aliphatic heterocycles. The molecule has 0 radical (unpaired) electrons. The molecule has 0 spiro atoms. The number of primary sulfonamides is 1. The molecule has 1 fully saturated rings. The van der Waals surface area contributed by atoms with E-state index in [0.29, 0.717) is 25.3 Å². The van der Waals surface area contributed by atoms with Crippen LogP contribution in [0, 0.1) is 0 Å². The van der Waals surface area contributed by atoms with Gasteiger partial charge in [-0.2, -0.15) is 0 Å². The Morgan fingerprint density at radius 3 is 2.71 bits per heavy atom. The number of aromatic nitrogens is 2. The summed E-state index contributed by atoms with van der Waals surface area (Å²) >= 11 is 0. The Hall–Kier alpha value is -1.05. The molecule has 0 saturated carbocycles. The third-order valence-electron chi connectivity index (χ3n) is 3.03. The molecule has 0 aliphatic carbocycles. The van der Waals surface area contributed by atoms with Crippen LogP contribution >= 0.6 is 0 Å². The fourth-order valence-corrected chi connectivity index (χ4v) is 3.46. The van der Waals surface area contributed by atoms with Gasteiger partial charge in [0.25, 0.3) is 0 Å². The first-order valence-electron chi connectivity index (χ1n) is 5.37. The summed E-state index contributed by atoms with van der Waals surface area (Å²) in [5.41, 5.74) is -1.06. The molecule has 94 valence electrons. The predicted octanol–water partition coefficient (Wildman–Crippen LogP) is 0.159. The minimum Gasteiger partial charge on any atom is -0.366 e. The fourth-order valence-electron chi connectivity index (χ4n) is 2.16. The maximum Gasteiger partial charge on any atom is 0.215 e. The third-order valence-corrected chi connectivity index (χ3v) is 4.51. The van der Waals surface area contributed by atoms with Crippen LogP contribution in [-0.4, -0.2) is 30.2 Å². The van der Waals surface area contributed by atoms with Gasteiger partial charge in [0.05, 0.1) is 0 Å². The molecule has 0 amide bonds. The SMILES string of the molecule is CC1(c2ncccn2)OCCCC1S(N)(=O)=O. The molecule has 2 rings (SSSR count). The van der Waals surface area contributed by atoms with Crippen molar-refractivity contribution in [3.63, 3.8) is 0 Å². The Morgan fingerprint density at radius 2 is 2.12 bits per heavy atom. The van der Waals surface area contributed by atoms with E-state index in [9.17, 15) is 8.42 Å². The lowest BCUT2D eigenvalue weighted by molar-refractivity contribution is -0.0724. The van der Waals surface area contributed by atoms with Crippen LogP contribution in [0.1, 0.15) is 25.6 Å². The van der Waals surface area contributed by atoms with Gasteiger partial charge in [0.15, 0.2) is 5.82 Å². The van der Waals surface area contributed by atoms with Crippen molar-refractivity contribution in [2.45, 2.75) is 30.6 Å². The van der Waals surface area contributed by atoms with Crippen molar-refractivity contribution in [3.05, 3.63) is 24.3 Å². The van der Waals surface area contributed by atoms with E-state index in [0.717, 1.165) is 0 Å². The maximum absolute atomic E-state index is 11.6. The van der Waals surface area contributed by atoms with Crippen LogP contribution in [0.3, 0.4) is 0 Å². The summed E-state index contributed by atoms with van der Waals surface area (Å²) in [5, 5.41) is 4.46. The minimum absolute atomic E-state index is 0.360. The summed E-state index contributed by atoms with van der Waals surface area (Å²) in [6, 6.07) is 1.67. The molecule has 2 heterocycles. The van der Waals surface area contributed by atoms with Gasteiger partial charge in [-0.3, -0.25) is 0 Å². The summed E-state index contributed by atoms with van der Waals surface area (Å²) in [4.78, 5) is 8.16. The van der Waals surface area contributed by atoms with Gasteiger partial charge in [0.1, 0.15) is 10.9 Å². The molecule has 1 saturated heterocycles. The zero-order valence-electron chi connectivity index (χ0n) is 9.54. The zero-order valence-corrected chi connectivity index (χ0v) is 10.4. The number of nitrogens with two attached hydrogens (primary N) is 1. The summed E-state index contributed by atoms with van der Waals surface area (Å²) in [6.45, 7) is 2.16. The Labute approximate surface area is 100 Å². The second kappa shape index (κ2) is 4.32. The highest BCUT2D eigenvalue weighted by atomic mass is 32.2. The van der Waals surface area contributed by atoms with Crippen molar-refractivity contribution in [2.24, 2.45) is 5.14 Å². The summed E-state index contributed by atoms with van der Waals surface area (Å²) in [5.74, 6) is 0.360. The van der Waals surface area contributed by atoms with E-state index >= 15 is 0 Å². The number of hydrogen-bond acceptors (Lipinski definition) is 5. The second-order valence-electron chi connectivity index (χ2n) is 4.25. The van der Waals surface area contributed by atoms with Crippen LogP contribution in [0.4, 0.5) is 0 Å². The standard InChI is InChI=1S/C10H15N3O3S/c1-10(9-12-5-3-6-13-9)8(17(11,14)15)4-2-7-16-10/h3,5-6,8H,2,4,7H2,1H3,(H2,11,14,15). The summed E-state index contributed by atoms with van der Waals surface area (Å²) in [7, 11) is -3.69. The number of hydrogen-bond donors (Lipinski definition) is 1. The maximum atomic E-state index is 11.6. The van der Waals surface area contributed by atoms with Gasteiger partial charge in [-0.25, -0.2) is 23.5 Å². The normalized spacial score (nSPS) is 30.1. The Kier molecular flexibility index (Phi) is 3.15. The Morgan fingerprint density at radius 1 is 1.47 bits per heavy atom. The quantitative estimate of drug-likeness (QED) is 0.814. The molecule has 0 bridgehead atoms. The van der Waals surface area contributed by atoms with Gasteiger partial charge >= 0.3 is 0 Å². The molecule has 17 heavy (non-hydrogen) atoms. The predicted molar refractivity (Wildman–Crippen MR) is 61.5 cm³/mol. The minimum atomic E-state index is -3.69. The van der Waals surface area contributed by atoms with Gasteiger partial charge in [0.2, 0.25) is 10.0 Å². The average molecular weight is 257 g/mol. The van der Waals surface area contributed by atoms with Crippen LogP contribution in [-0.2, 0) is 20.4 Å². The van der Waals surface area contributed by atoms with Crippen LogP contribution in [0.25, 0.3) is 0 Å². The van der Waals surface area contributed by atoms with E-state index in [1.807, 2.05) is 0 Å².